The maximum Gasteiger partial charge on any atom is 0.411 e. The van der Waals surface area contributed by atoms with E-state index >= 15 is 0 Å². The maximum absolute atomic E-state index is 14.0. The van der Waals surface area contributed by atoms with Gasteiger partial charge >= 0.3 is 12.1 Å². The summed E-state index contributed by atoms with van der Waals surface area (Å²) in [6.45, 7) is 3.86. The predicted molar refractivity (Wildman–Crippen MR) is 146 cm³/mol. The molecule has 3 aromatic carbocycles. The molecule has 9 nitrogen and oxygen atoms in total. The van der Waals surface area contributed by atoms with Crippen LogP contribution in [0.25, 0.3) is 0 Å². The second-order valence-corrected chi connectivity index (χ2v) is 10.3. The molecule has 0 aliphatic heterocycles. The Morgan fingerprint density at radius 3 is 2.09 bits per heavy atom. The molecule has 0 saturated carbocycles. The van der Waals surface area contributed by atoms with Crippen LogP contribution in [0.1, 0.15) is 43.1 Å². The number of esters is 1. The van der Waals surface area contributed by atoms with Crippen molar-refractivity contribution in [3.63, 3.8) is 0 Å². The largest absolute Gasteiger partial charge is 0.485 e. The van der Waals surface area contributed by atoms with Crippen molar-refractivity contribution in [3.05, 3.63) is 95.1 Å². The number of anilines is 1. The molecule has 2 amide bonds. The van der Waals surface area contributed by atoms with Gasteiger partial charge in [0.05, 0.1) is 12.5 Å². The van der Waals surface area contributed by atoms with E-state index in [2.05, 4.69) is 10.6 Å². The van der Waals surface area contributed by atoms with Crippen LogP contribution >= 0.6 is 0 Å². The molecule has 2 atom stereocenters. The van der Waals surface area contributed by atoms with Gasteiger partial charge in [-0.25, -0.2) is 13.6 Å². The molecular formula is C30H30F4N2O7. The van der Waals surface area contributed by atoms with Crippen molar-refractivity contribution in [2.75, 3.05) is 11.9 Å². The minimum Gasteiger partial charge on any atom is -0.485 e. The van der Waals surface area contributed by atoms with Crippen molar-refractivity contribution < 1.29 is 51.3 Å². The maximum atomic E-state index is 14.0. The summed E-state index contributed by atoms with van der Waals surface area (Å²) in [5.74, 6) is -10.1. The molecule has 0 aliphatic carbocycles. The molecular weight excluding hydrogens is 576 g/mol. The average Bonchev–Trinajstić information content (AvgIpc) is 2.94. The third-order valence-corrected chi connectivity index (χ3v) is 5.66. The molecule has 0 saturated heterocycles. The number of carbonyl (C=O) groups is 3. The Bertz CT molecular complexity index is 1400. The zero-order valence-electron chi connectivity index (χ0n) is 23.5. The first-order chi connectivity index (χ1) is 20.2. The minimum absolute atomic E-state index is 0.00600. The van der Waals surface area contributed by atoms with Gasteiger partial charge in [0.1, 0.15) is 24.9 Å². The van der Waals surface area contributed by atoms with E-state index in [4.69, 9.17) is 14.2 Å². The van der Waals surface area contributed by atoms with Crippen LogP contribution in [0.4, 0.5) is 28.0 Å². The highest BCUT2D eigenvalue weighted by Gasteiger charge is 2.29. The SMILES string of the molecule is CC(C)(C)OC(=O)C[C@H](NC(=O)c1ccc(NC(=O)OCc2ccccc2)cc1)C(O)COc1c(F)c(F)cc(F)c1F. The number of aliphatic hydroxyl groups is 1. The van der Waals surface area contributed by atoms with Gasteiger partial charge in [-0.2, -0.15) is 8.78 Å². The number of amides is 2. The third-order valence-electron chi connectivity index (χ3n) is 5.66. The van der Waals surface area contributed by atoms with Gasteiger partial charge in [-0.1, -0.05) is 30.3 Å². The van der Waals surface area contributed by atoms with Crippen LogP contribution in [0.2, 0.25) is 0 Å². The second-order valence-electron chi connectivity index (χ2n) is 10.3. The molecule has 0 radical (unpaired) electrons. The number of ether oxygens (including phenoxy) is 3. The number of hydrogen-bond acceptors (Lipinski definition) is 7. The highest BCUT2D eigenvalue weighted by molar-refractivity contribution is 5.95. The Hall–Kier alpha value is -4.65. The van der Waals surface area contributed by atoms with E-state index in [0.717, 1.165) is 5.56 Å². The van der Waals surface area contributed by atoms with Crippen molar-refractivity contribution in [1.29, 1.82) is 0 Å². The normalized spacial score (nSPS) is 12.6. The van der Waals surface area contributed by atoms with E-state index in [0.29, 0.717) is 5.69 Å². The summed E-state index contributed by atoms with van der Waals surface area (Å²) < 4.78 is 70.2. The number of nitrogens with one attached hydrogen (secondary N) is 2. The lowest BCUT2D eigenvalue weighted by Gasteiger charge is -2.26. The molecule has 1 unspecified atom stereocenters. The molecule has 13 heteroatoms. The van der Waals surface area contributed by atoms with Crippen LogP contribution in [0, 0.1) is 23.3 Å². The molecule has 3 N–H and O–H groups in total. The van der Waals surface area contributed by atoms with Gasteiger partial charge in [0.25, 0.3) is 5.91 Å². The molecule has 3 aromatic rings. The summed E-state index contributed by atoms with van der Waals surface area (Å²) in [6, 6.07) is 13.1. The van der Waals surface area contributed by atoms with E-state index in [1.807, 2.05) is 6.07 Å². The lowest BCUT2D eigenvalue weighted by Crippen LogP contribution is -2.47. The van der Waals surface area contributed by atoms with Gasteiger partial charge in [0, 0.05) is 17.3 Å². The average molecular weight is 607 g/mol. The highest BCUT2D eigenvalue weighted by Crippen LogP contribution is 2.27. The van der Waals surface area contributed by atoms with Crippen molar-refractivity contribution in [2.45, 2.75) is 51.5 Å². The van der Waals surface area contributed by atoms with Crippen LogP contribution in [-0.2, 0) is 20.9 Å². The van der Waals surface area contributed by atoms with Gasteiger partial charge in [0.2, 0.25) is 11.6 Å². The summed E-state index contributed by atoms with van der Waals surface area (Å²) >= 11 is 0. The first kappa shape index (κ1) is 32.9. The Morgan fingerprint density at radius 2 is 1.51 bits per heavy atom. The minimum atomic E-state index is -1.82. The Balaban J connectivity index is 1.67. The van der Waals surface area contributed by atoms with Gasteiger partial charge in [-0.15, -0.1) is 0 Å². The summed E-state index contributed by atoms with van der Waals surface area (Å²) in [4.78, 5) is 37.5. The van der Waals surface area contributed by atoms with Crippen molar-refractivity contribution in [2.24, 2.45) is 0 Å². The van der Waals surface area contributed by atoms with E-state index in [1.54, 1.807) is 45.0 Å². The van der Waals surface area contributed by atoms with E-state index < -0.39 is 77.8 Å². The van der Waals surface area contributed by atoms with Crippen molar-refractivity contribution >= 4 is 23.7 Å². The molecule has 230 valence electrons. The lowest BCUT2D eigenvalue weighted by atomic mass is 10.1. The first-order valence-electron chi connectivity index (χ1n) is 13.0. The number of carbonyl (C=O) groups excluding carboxylic acids is 3. The van der Waals surface area contributed by atoms with Crippen LogP contribution < -0.4 is 15.4 Å². The zero-order valence-corrected chi connectivity index (χ0v) is 23.5. The number of rotatable bonds is 11. The molecule has 0 spiro atoms. The van der Waals surface area contributed by atoms with Crippen LogP contribution in [0.15, 0.2) is 60.7 Å². The van der Waals surface area contributed by atoms with Gasteiger partial charge in [0.15, 0.2) is 17.4 Å². The molecule has 0 fully saturated rings. The fourth-order valence-electron chi connectivity index (χ4n) is 3.64. The summed E-state index contributed by atoms with van der Waals surface area (Å²) in [6.07, 6.45) is -3.11. The molecule has 0 heterocycles. The van der Waals surface area contributed by atoms with E-state index in [9.17, 15) is 37.1 Å². The van der Waals surface area contributed by atoms with Gasteiger partial charge in [-0.05, 0) is 50.6 Å². The summed E-state index contributed by atoms with van der Waals surface area (Å²) in [5, 5.41) is 15.6. The molecule has 0 aliphatic rings. The van der Waals surface area contributed by atoms with E-state index in [1.165, 1.54) is 24.3 Å². The van der Waals surface area contributed by atoms with Gasteiger partial charge in [-0.3, -0.25) is 14.9 Å². The first-order valence-corrected chi connectivity index (χ1v) is 13.0. The second kappa shape index (κ2) is 14.5. The fraction of sp³-hybridized carbons (Fsp3) is 0.300. The number of aliphatic hydroxyl groups excluding tert-OH is 1. The number of benzene rings is 3. The highest BCUT2D eigenvalue weighted by atomic mass is 19.2. The van der Waals surface area contributed by atoms with Crippen LogP contribution in [0.3, 0.4) is 0 Å². The molecule has 0 aromatic heterocycles. The Kier molecular flexibility index (Phi) is 11.1. The molecule has 0 bridgehead atoms. The predicted octanol–water partition coefficient (Wildman–Crippen LogP) is 5.26. The molecule has 3 rings (SSSR count). The summed E-state index contributed by atoms with van der Waals surface area (Å²) in [5.41, 5.74) is 0.231. The molecule has 43 heavy (non-hydrogen) atoms. The number of halogens is 4. The van der Waals surface area contributed by atoms with E-state index in [-0.39, 0.29) is 18.2 Å². The Labute approximate surface area is 244 Å². The lowest BCUT2D eigenvalue weighted by molar-refractivity contribution is -0.156. The summed E-state index contributed by atoms with van der Waals surface area (Å²) in [7, 11) is 0. The quantitative estimate of drug-likeness (QED) is 0.155. The van der Waals surface area contributed by atoms with Crippen LogP contribution in [0.5, 0.6) is 5.75 Å². The third kappa shape index (κ3) is 9.99. The zero-order chi connectivity index (χ0) is 31.7. The number of hydrogen-bond donors (Lipinski definition) is 3. The van der Waals surface area contributed by atoms with Crippen molar-refractivity contribution in [3.8, 4) is 5.75 Å². The van der Waals surface area contributed by atoms with Gasteiger partial charge < -0.3 is 24.6 Å². The van der Waals surface area contributed by atoms with Crippen molar-refractivity contribution in [1.82, 2.24) is 5.32 Å². The monoisotopic (exact) mass is 606 g/mol. The fourth-order valence-corrected chi connectivity index (χ4v) is 3.64. The van der Waals surface area contributed by atoms with Crippen LogP contribution in [-0.4, -0.2) is 47.4 Å². The topological polar surface area (TPSA) is 123 Å². The standard InChI is InChI=1S/C30H30F4N2O7/c1-30(2,3)43-24(38)14-22(23(37)16-41-27-25(33)20(31)13-21(32)26(27)34)36-28(39)18-9-11-19(12-10-18)35-29(40)42-15-17-7-5-4-6-8-17/h4-13,22-23,37H,14-16H2,1-3H3,(H,35,40)(H,36,39)/t22-,23?/m0/s1. The Morgan fingerprint density at radius 1 is 0.907 bits per heavy atom. The smallest absolute Gasteiger partial charge is 0.411 e.